The normalized spacial score (nSPS) is 27.1. The van der Waals surface area contributed by atoms with Gasteiger partial charge in [-0.15, -0.1) is 0 Å². The maximum atomic E-state index is 8.88. The summed E-state index contributed by atoms with van der Waals surface area (Å²) in [6.45, 7) is 2.02. The van der Waals surface area contributed by atoms with Gasteiger partial charge in [-0.1, -0.05) is 67.6 Å². The van der Waals surface area contributed by atoms with E-state index >= 15 is 0 Å². The zero-order chi connectivity index (χ0) is 20.6. The standard InChI is InChI=1S/C21H24N8/c1-2-15(20(13-9-5-3-6-10-13)16(22)18(24)26-28-20)21(14-11-7-4-8-12-14)17(23)19(25)27-29-21/h3-12,15,22-23,28-29H,2H2,1H3,(H2,24,26)(H2,25,27). The Hall–Kier alpha value is -3.68. The molecule has 8 heteroatoms. The van der Waals surface area contributed by atoms with Crippen LogP contribution in [-0.2, 0) is 11.1 Å². The Kier molecular flexibility index (Phi) is 4.34. The maximum Gasteiger partial charge on any atom is 0.167 e. The molecule has 0 radical (unpaired) electrons. The molecule has 0 saturated heterocycles. The van der Waals surface area contributed by atoms with E-state index in [4.69, 9.17) is 22.3 Å². The minimum Gasteiger partial charge on any atom is -0.381 e. The molecule has 2 unspecified atom stereocenters. The van der Waals surface area contributed by atoms with E-state index in [0.29, 0.717) is 6.42 Å². The number of rotatable bonds is 5. The zero-order valence-electron chi connectivity index (χ0n) is 16.1. The Balaban J connectivity index is 1.98. The summed E-state index contributed by atoms with van der Waals surface area (Å²) >= 11 is 0. The van der Waals surface area contributed by atoms with Crippen LogP contribution >= 0.6 is 0 Å². The average Bonchev–Trinajstić information content (AvgIpc) is 3.23. The summed E-state index contributed by atoms with van der Waals surface area (Å²) in [6, 6.07) is 19.3. The minimum atomic E-state index is -1.05. The Morgan fingerprint density at radius 2 is 1.17 bits per heavy atom. The fourth-order valence-electron chi connectivity index (χ4n) is 4.59. The Morgan fingerprint density at radius 3 is 1.45 bits per heavy atom. The van der Waals surface area contributed by atoms with Crippen molar-refractivity contribution in [3.63, 3.8) is 0 Å². The van der Waals surface area contributed by atoms with Crippen molar-refractivity contribution in [3.8, 4) is 0 Å². The van der Waals surface area contributed by atoms with Crippen LogP contribution in [0.25, 0.3) is 0 Å². The van der Waals surface area contributed by atoms with E-state index in [9.17, 15) is 0 Å². The van der Waals surface area contributed by atoms with Crippen LogP contribution in [0.1, 0.15) is 24.5 Å². The number of nitrogens with zero attached hydrogens (tertiary/aromatic N) is 2. The van der Waals surface area contributed by atoms with Crippen molar-refractivity contribution >= 4 is 23.1 Å². The summed E-state index contributed by atoms with van der Waals surface area (Å²) in [5.74, 6) is -0.114. The van der Waals surface area contributed by atoms with Crippen LogP contribution in [0.15, 0.2) is 70.9 Å². The molecule has 2 heterocycles. The van der Waals surface area contributed by atoms with E-state index in [1.807, 2.05) is 67.6 Å². The van der Waals surface area contributed by atoms with Gasteiger partial charge in [-0.25, -0.2) is 0 Å². The first-order valence-corrected chi connectivity index (χ1v) is 9.49. The molecule has 2 aliphatic heterocycles. The van der Waals surface area contributed by atoms with Crippen molar-refractivity contribution in [2.45, 2.75) is 24.4 Å². The number of nitrogens with one attached hydrogen (secondary N) is 4. The molecule has 0 aromatic heterocycles. The van der Waals surface area contributed by atoms with Crippen LogP contribution in [0, 0.1) is 16.7 Å². The van der Waals surface area contributed by atoms with Gasteiger partial charge in [-0.2, -0.15) is 10.2 Å². The lowest BCUT2D eigenvalue weighted by atomic mass is 9.61. The molecule has 0 spiro atoms. The summed E-state index contributed by atoms with van der Waals surface area (Å²) in [4.78, 5) is 0. The van der Waals surface area contributed by atoms with Crippen LogP contribution in [-0.4, -0.2) is 23.1 Å². The fourth-order valence-corrected chi connectivity index (χ4v) is 4.59. The minimum absolute atomic E-state index is 0.133. The predicted molar refractivity (Wildman–Crippen MR) is 115 cm³/mol. The molecule has 148 valence electrons. The van der Waals surface area contributed by atoms with E-state index in [1.165, 1.54) is 0 Å². The monoisotopic (exact) mass is 388 g/mol. The van der Waals surface area contributed by atoms with Crippen LogP contribution in [0.4, 0.5) is 0 Å². The molecule has 29 heavy (non-hydrogen) atoms. The quantitative estimate of drug-likeness (QED) is 0.461. The Bertz CT molecular complexity index is 932. The van der Waals surface area contributed by atoms with Crippen LogP contribution in [0.3, 0.4) is 0 Å². The highest BCUT2D eigenvalue weighted by Crippen LogP contribution is 2.47. The summed E-state index contributed by atoms with van der Waals surface area (Å²) in [7, 11) is 0. The van der Waals surface area contributed by atoms with E-state index in [2.05, 4.69) is 21.1 Å². The third-order valence-electron chi connectivity index (χ3n) is 5.92. The lowest BCUT2D eigenvalue weighted by Gasteiger charge is -2.47. The van der Waals surface area contributed by atoms with Crippen molar-refractivity contribution in [3.05, 3.63) is 71.8 Å². The molecule has 0 fully saturated rings. The molecule has 0 amide bonds. The van der Waals surface area contributed by atoms with E-state index in [-0.39, 0.29) is 29.0 Å². The topological polar surface area (TPSA) is 149 Å². The second-order valence-electron chi connectivity index (χ2n) is 7.28. The number of nitrogens with two attached hydrogens (primary N) is 2. The van der Waals surface area contributed by atoms with Crippen molar-refractivity contribution in [2.75, 3.05) is 0 Å². The zero-order valence-corrected chi connectivity index (χ0v) is 16.1. The lowest BCUT2D eigenvalue weighted by molar-refractivity contribution is 0.189. The van der Waals surface area contributed by atoms with Crippen molar-refractivity contribution in [1.29, 1.82) is 10.8 Å². The van der Waals surface area contributed by atoms with Gasteiger partial charge in [0.2, 0.25) is 0 Å². The smallest absolute Gasteiger partial charge is 0.167 e. The molecular weight excluding hydrogens is 364 g/mol. The van der Waals surface area contributed by atoms with Crippen LogP contribution in [0.2, 0.25) is 0 Å². The first-order chi connectivity index (χ1) is 14.0. The molecule has 8 nitrogen and oxygen atoms in total. The number of benzene rings is 2. The highest BCUT2D eigenvalue weighted by atomic mass is 15.4. The van der Waals surface area contributed by atoms with Gasteiger partial charge in [0.1, 0.15) is 22.5 Å². The van der Waals surface area contributed by atoms with Gasteiger partial charge in [-0.05, 0) is 17.5 Å². The molecule has 4 rings (SSSR count). The number of amidine groups is 2. The third kappa shape index (κ3) is 2.45. The number of hydrogen-bond acceptors (Lipinski definition) is 8. The van der Waals surface area contributed by atoms with Crippen LogP contribution in [0.5, 0.6) is 0 Å². The first kappa shape index (κ1) is 18.7. The summed E-state index contributed by atoms with van der Waals surface area (Å²) in [6.07, 6.45) is 0.597. The van der Waals surface area contributed by atoms with Crippen molar-refractivity contribution in [2.24, 2.45) is 27.6 Å². The second kappa shape index (κ2) is 6.73. The van der Waals surface area contributed by atoms with E-state index < -0.39 is 11.1 Å². The maximum absolute atomic E-state index is 8.88. The predicted octanol–water partition coefficient (Wildman–Crippen LogP) is 1.59. The SMILES string of the molecule is CCC(C1(c2ccccc2)NN=C(N)C1=N)C1(c2ccccc2)NN=C(N)C1=N. The van der Waals surface area contributed by atoms with Gasteiger partial charge in [0.05, 0.1) is 0 Å². The Labute approximate surface area is 169 Å². The molecule has 2 aromatic rings. The van der Waals surface area contributed by atoms with Gasteiger partial charge in [0.15, 0.2) is 11.7 Å². The van der Waals surface area contributed by atoms with Crippen molar-refractivity contribution < 1.29 is 0 Å². The fraction of sp³-hybridized carbons (Fsp3) is 0.238. The lowest BCUT2D eigenvalue weighted by Crippen LogP contribution is -2.63. The van der Waals surface area contributed by atoms with E-state index in [1.54, 1.807) is 0 Å². The number of hydrazone groups is 2. The molecule has 2 atom stereocenters. The number of hydrogen-bond donors (Lipinski definition) is 6. The third-order valence-corrected chi connectivity index (χ3v) is 5.92. The van der Waals surface area contributed by atoms with Gasteiger partial charge < -0.3 is 11.5 Å². The van der Waals surface area contributed by atoms with Crippen LogP contribution < -0.4 is 22.3 Å². The molecule has 0 aliphatic carbocycles. The summed E-state index contributed by atoms with van der Waals surface area (Å²) in [5.41, 5.74) is 18.4. The average molecular weight is 388 g/mol. The molecule has 8 N–H and O–H groups in total. The molecule has 2 aromatic carbocycles. The van der Waals surface area contributed by atoms with Gasteiger partial charge in [0, 0.05) is 5.92 Å². The molecular formula is C21H24N8. The van der Waals surface area contributed by atoms with Gasteiger partial charge in [-0.3, -0.25) is 21.7 Å². The van der Waals surface area contributed by atoms with Gasteiger partial charge >= 0.3 is 0 Å². The first-order valence-electron chi connectivity index (χ1n) is 9.49. The Morgan fingerprint density at radius 1 is 0.793 bits per heavy atom. The molecule has 2 aliphatic rings. The van der Waals surface area contributed by atoms with Crippen molar-refractivity contribution in [1.82, 2.24) is 10.9 Å². The highest BCUT2D eigenvalue weighted by molar-refractivity contribution is 6.46. The summed E-state index contributed by atoms with van der Waals surface area (Å²) in [5, 5.41) is 26.2. The summed E-state index contributed by atoms with van der Waals surface area (Å²) < 4.78 is 0. The second-order valence-corrected chi connectivity index (χ2v) is 7.28. The molecule has 0 saturated carbocycles. The highest BCUT2D eigenvalue weighted by Gasteiger charge is 2.60. The van der Waals surface area contributed by atoms with E-state index in [0.717, 1.165) is 11.1 Å². The molecule has 0 bridgehead atoms. The van der Waals surface area contributed by atoms with Gasteiger partial charge in [0.25, 0.3) is 0 Å². The largest absolute Gasteiger partial charge is 0.381 e.